The van der Waals surface area contributed by atoms with Crippen molar-refractivity contribution in [2.24, 2.45) is 0 Å². The predicted octanol–water partition coefficient (Wildman–Crippen LogP) is 2.97. The van der Waals surface area contributed by atoms with E-state index < -0.39 is 44.8 Å². The summed E-state index contributed by atoms with van der Waals surface area (Å²) in [5, 5.41) is 2.51. The minimum atomic E-state index is -4.91. The summed E-state index contributed by atoms with van der Waals surface area (Å²) in [7, 11) is -4.30. The largest absolute Gasteiger partial charge is 0.573 e. The number of halogens is 3. The summed E-state index contributed by atoms with van der Waals surface area (Å²) < 4.78 is 71.8. The van der Waals surface area contributed by atoms with Crippen LogP contribution in [0.5, 0.6) is 5.75 Å². The molecule has 0 saturated carbocycles. The van der Waals surface area contributed by atoms with Crippen LogP contribution in [0.1, 0.15) is 33.6 Å². The van der Waals surface area contributed by atoms with Crippen LogP contribution in [0, 0.1) is 0 Å². The standard InChI is InChI=1S/C18H24F3N3O6S/c1-17(2,3)30-16(26)24-10-8-12(9-11-24)22-15(25)23-31(27,28)14-6-4-13(5-7-14)29-18(19,20)21/h4-7,12H,8-11H2,1-3H3,(H2,22,23,25). The van der Waals surface area contributed by atoms with Gasteiger partial charge in [-0.1, -0.05) is 0 Å². The van der Waals surface area contributed by atoms with Crippen LogP contribution in [0.15, 0.2) is 29.2 Å². The number of piperidine rings is 1. The van der Waals surface area contributed by atoms with Gasteiger partial charge in [0.25, 0.3) is 10.0 Å². The monoisotopic (exact) mass is 467 g/mol. The Morgan fingerprint density at radius 3 is 2.10 bits per heavy atom. The molecule has 0 spiro atoms. The first kappa shape index (κ1) is 24.6. The number of nitrogens with zero attached hydrogens (tertiary/aromatic N) is 1. The first-order valence-corrected chi connectivity index (χ1v) is 10.8. The molecule has 0 aromatic heterocycles. The number of benzene rings is 1. The van der Waals surface area contributed by atoms with E-state index in [4.69, 9.17) is 4.74 Å². The van der Waals surface area contributed by atoms with Crippen LogP contribution < -0.4 is 14.8 Å². The molecule has 1 aromatic carbocycles. The summed E-state index contributed by atoms with van der Waals surface area (Å²) in [4.78, 5) is 25.2. The fourth-order valence-electron chi connectivity index (χ4n) is 2.75. The Labute approximate surface area is 177 Å². The number of alkyl halides is 3. The summed E-state index contributed by atoms with van der Waals surface area (Å²) >= 11 is 0. The molecular formula is C18H24F3N3O6S. The second kappa shape index (κ2) is 9.20. The quantitative estimate of drug-likeness (QED) is 0.704. The van der Waals surface area contributed by atoms with Gasteiger partial charge in [0.2, 0.25) is 0 Å². The molecule has 1 saturated heterocycles. The molecule has 2 rings (SSSR count). The lowest BCUT2D eigenvalue weighted by Gasteiger charge is -2.33. The van der Waals surface area contributed by atoms with E-state index in [1.807, 2.05) is 0 Å². The van der Waals surface area contributed by atoms with Crippen molar-refractivity contribution in [2.45, 2.75) is 56.5 Å². The molecule has 1 aliphatic rings. The molecule has 174 valence electrons. The van der Waals surface area contributed by atoms with Crippen molar-refractivity contribution in [2.75, 3.05) is 13.1 Å². The first-order chi connectivity index (χ1) is 14.1. The normalized spacial score (nSPS) is 15.9. The third kappa shape index (κ3) is 8.15. The molecule has 3 amide bonds. The average Bonchev–Trinajstić information content (AvgIpc) is 2.59. The number of sulfonamides is 1. The topological polar surface area (TPSA) is 114 Å². The van der Waals surface area contributed by atoms with Gasteiger partial charge in [0.15, 0.2) is 0 Å². The lowest BCUT2D eigenvalue weighted by molar-refractivity contribution is -0.274. The Morgan fingerprint density at radius 2 is 1.61 bits per heavy atom. The highest BCUT2D eigenvalue weighted by atomic mass is 32.2. The predicted molar refractivity (Wildman–Crippen MR) is 103 cm³/mol. The zero-order valence-corrected chi connectivity index (χ0v) is 18.0. The second-order valence-corrected chi connectivity index (χ2v) is 9.52. The SMILES string of the molecule is CC(C)(C)OC(=O)N1CCC(NC(=O)NS(=O)(=O)c2ccc(OC(F)(F)F)cc2)CC1. The van der Waals surface area contributed by atoms with Gasteiger partial charge in [-0.25, -0.2) is 22.7 Å². The maximum atomic E-state index is 12.3. The second-order valence-electron chi connectivity index (χ2n) is 7.84. The number of amides is 3. The third-order valence-corrected chi connectivity index (χ3v) is 5.42. The molecule has 0 bridgehead atoms. The van der Waals surface area contributed by atoms with Crippen LogP contribution in [0.25, 0.3) is 0 Å². The van der Waals surface area contributed by atoms with Crippen molar-refractivity contribution in [1.82, 2.24) is 14.9 Å². The Morgan fingerprint density at radius 1 is 1.06 bits per heavy atom. The number of nitrogens with one attached hydrogen (secondary N) is 2. The van der Waals surface area contributed by atoms with Crippen molar-refractivity contribution >= 4 is 22.1 Å². The van der Waals surface area contributed by atoms with Crippen molar-refractivity contribution in [1.29, 1.82) is 0 Å². The van der Waals surface area contributed by atoms with Crippen LogP contribution >= 0.6 is 0 Å². The highest BCUT2D eigenvalue weighted by molar-refractivity contribution is 7.90. The van der Waals surface area contributed by atoms with Crippen LogP contribution in [0.3, 0.4) is 0 Å². The fourth-order valence-corrected chi connectivity index (χ4v) is 3.66. The molecule has 1 heterocycles. The van der Waals surface area contributed by atoms with E-state index in [1.165, 1.54) is 4.90 Å². The highest BCUT2D eigenvalue weighted by Gasteiger charge is 2.31. The van der Waals surface area contributed by atoms with E-state index >= 15 is 0 Å². The van der Waals surface area contributed by atoms with E-state index in [-0.39, 0.29) is 6.04 Å². The number of hydrogen-bond acceptors (Lipinski definition) is 6. The van der Waals surface area contributed by atoms with Crippen molar-refractivity contribution in [3.05, 3.63) is 24.3 Å². The number of ether oxygens (including phenoxy) is 2. The smallest absolute Gasteiger partial charge is 0.444 e. The first-order valence-electron chi connectivity index (χ1n) is 9.32. The Bertz CT molecular complexity index is 890. The molecular weight excluding hydrogens is 443 g/mol. The van der Waals surface area contributed by atoms with Gasteiger partial charge in [-0.2, -0.15) is 0 Å². The van der Waals surface area contributed by atoms with Gasteiger partial charge in [0.05, 0.1) is 4.90 Å². The maximum absolute atomic E-state index is 12.3. The zero-order valence-electron chi connectivity index (χ0n) is 17.2. The van der Waals surface area contributed by atoms with Gasteiger partial charge in [-0.3, -0.25) is 0 Å². The summed E-state index contributed by atoms with van der Waals surface area (Å²) in [6.07, 6.45) is -4.57. The molecule has 0 unspecified atom stereocenters. The van der Waals surface area contributed by atoms with E-state index in [2.05, 4.69) is 10.1 Å². The van der Waals surface area contributed by atoms with Crippen molar-refractivity contribution in [3.8, 4) is 5.75 Å². The summed E-state index contributed by atoms with van der Waals surface area (Å²) in [6, 6.07) is 2.08. The van der Waals surface area contributed by atoms with Crippen LogP contribution in [0.2, 0.25) is 0 Å². The number of carbonyl (C=O) groups is 2. The molecule has 1 aromatic rings. The van der Waals surface area contributed by atoms with Crippen molar-refractivity contribution < 1.29 is 40.7 Å². The summed E-state index contributed by atoms with van der Waals surface area (Å²) in [6.45, 7) is 5.91. The lowest BCUT2D eigenvalue weighted by atomic mass is 10.1. The Kier molecular flexibility index (Phi) is 7.29. The summed E-state index contributed by atoms with van der Waals surface area (Å²) in [5.41, 5.74) is -0.627. The Hall–Kier alpha value is -2.70. The van der Waals surface area contributed by atoms with Gasteiger partial charge < -0.3 is 19.7 Å². The fraction of sp³-hybridized carbons (Fsp3) is 0.556. The van der Waals surface area contributed by atoms with Gasteiger partial charge in [-0.05, 0) is 57.9 Å². The molecule has 9 nitrogen and oxygen atoms in total. The van der Waals surface area contributed by atoms with Crippen LogP contribution in [-0.4, -0.2) is 56.5 Å². The van der Waals surface area contributed by atoms with Gasteiger partial charge >= 0.3 is 18.5 Å². The van der Waals surface area contributed by atoms with E-state index in [9.17, 15) is 31.2 Å². The number of rotatable bonds is 4. The number of carbonyl (C=O) groups excluding carboxylic acids is 2. The lowest BCUT2D eigenvalue weighted by Crippen LogP contribution is -2.50. The van der Waals surface area contributed by atoms with Crippen LogP contribution in [-0.2, 0) is 14.8 Å². The molecule has 0 radical (unpaired) electrons. The number of likely N-dealkylation sites (tertiary alicyclic amines) is 1. The molecule has 1 aliphatic heterocycles. The van der Waals surface area contributed by atoms with Crippen molar-refractivity contribution in [3.63, 3.8) is 0 Å². The minimum Gasteiger partial charge on any atom is -0.444 e. The van der Waals surface area contributed by atoms with Gasteiger partial charge in [-0.15, -0.1) is 13.2 Å². The molecule has 0 aliphatic carbocycles. The molecule has 2 N–H and O–H groups in total. The maximum Gasteiger partial charge on any atom is 0.573 e. The molecule has 1 fully saturated rings. The van der Waals surface area contributed by atoms with Gasteiger partial charge in [0, 0.05) is 19.1 Å². The number of urea groups is 1. The van der Waals surface area contributed by atoms with Crippen LogP contribution in [0.4, 0.5) is 22.8 Å². The van der Waals surface area contributed by atoms with E-state index in [0.717, 1.165) is 24.3 Å². The highest BCUT2D eigenvalue weighted by Crippen LogP contribution is 2.24. The molecule has 31 heavy (non-hydrogen) atoms. The molecule has 13 heteroatoms. The van der Waals surface area contributed by atoms with Gasteiger partial charge in [0.1, 0.15) is 11.4 Å². The Balaban J connectivity index is 1.86. The minimum absolute atomic E-state index is 0.327. The summed E-state index contributed by atoms with van der Waals surface area (Å²) in [5.74, 6) is -0.590. The zero-order chi connectivity index (χ0) is 23.4. The molecule has 0 atom stereocenters. The van der Waals surface area contributed by atoms with E-state index in [1.54, 1.807) is 25.5 Å². The third-order valence-electron chi connectivity index (χ3n) is 4.08. The average molecular weight is 467 g/mol. The number of hydrogen-bond donors (Lipinski definition) is 2. The van der Waals surface area contributed by atoms with E-state index in [0.29, 0.717) is 25.9 Å².